The lowest BCUT2D eigenvalue weighted by atomic mass is 10.4. The number of rotatable bonds is 4. The molecule has 140 valence electrons. The van der Waals surface area contributed by atoms with Crippen LogP contribution in [0.5, 0.6) is 0 Å². The molecular formula is C24H19Br2PS. The van der Waals surface area contributed by atoms with Gasteiger partial charge in [0, 0.05) is 4.88 Å². The van der Waals surface area contributed by atoms with Crippen molar-refractivity contribution in [1.29, 1.82) is 0 Å². The number of halogens is 2. The van der Waals surface area contributed by atoms with E-state index in [0.29, 0.717) is 0 Å². The minimum Gasteiger partial charge on any atom is -0.144 e. The summed E-state index contributed by atoms with van der Waals surface area (Å²) < 4.78 is 0.984. The van der Waals surface area contributed by atoms with E-state index in [1.54, 1.807) is 11.3 Å². The van der Waals surface area contributed by atoms with Crippen LogP contribution in [0.25, 0.3) is 6.08 Å². The van der Waals surface area contributed by atoms with Crippen LogP contribution in [-0.4, -0.2) is 0 Å². The molecule has 1 aromatic heterocycles. The standard InChI is InChI=1S/C18H15P.C6H4Br2S/c1-4-10-16(11-5-1)19(17-12-6-2-7-13-17)18-14-8-3-9-15-18;7-6(8)4-5-2-1-3-9-5/h1-15H;1-4H. The Labute approximate surface area is 189 Å². The lowest BCUT2D eigenvalue weighted by Gasteiger charge is -2.18. The van der Waals surface area contributed by atoms with Gasteiger partial charge < -0.3 is 0 Å². The second-order valence-electron chi connectivity index (χ2n) is 5.79. The van der Waals surface area contributed by atoms with Gasteiger partial charge in [0.05, 0.1) is 3.39 Å². The molecule has 0 aliphatic rings. The van der Waals surface area contributed by atoms with Crippen LogP contribution in [-0.2, 0) is 0 Å². The van der Waals surface area contributed by atoms with Gasteiger partial charge in [-0.3, -0.25) is 0 Å². The van der Waals surface area contributed by atoms with Gasteiger partial charge in [0.25, 0.3) is 0 Å². The van der Waals surface area contributed by atoms with Gasteiger partial charge in [-0.05, 0) is 73.2 Å². The van der Waals surface area contributed by atoms with E-state index in [0.717, 1.165) is 3.39 Å². The molecule has 0 N–H and O–H groups in total. The fraction of sp³-hybridized carbons (Fsp3) is 0. The zero-order valence-electron chi connectivity index (χ0n) is 15.1. The number of hydrogen-bond donors (Lipinski definition) is 0. The van der Waals surface area contributed by atoms with Crippen molar-refractivity contribution >= 4 is 73.1 Å². The molecule has 0 fully saturated rings. The highest BCUT2D eigenvalue weighted by atomic mass is 79.9. The fourth-order valence-electron chi connectivity index (χ4n) is 2.66. The van der Waals surface area contributed by atoms with E-state index in [-0.39, 0.29) is 0 Å². The van der Waals surface area contributed by atoms with Gasteiger partial charge in [-0.25, -0.2) is 0 Å². The van der Waals surface area contributed by atoms with Gasteiger partial charge in [0.1, 0.15) is 0 Å². The average Bonchev–Trinajstić information content (AvgIpc) is 3.24. The van der Waals surface area contributed by atoms with Crippen LogP contribution in [0.3, 0.4) is 0 Å². The molecule has 0 bridgehead atoms. The Balaban J connectivity index is 0.000000211. The third-order valence-corrected chi connectivity index (χ3v) is 7.56. The van der Waals surface area contributed by atoms with Crippen LogP contribution >= 0.6 is 51.1 Å². The highest BCUT2D eigenvalue weighted by Gasteiger charge is 2.14. The van der Waals surface area contributed by atoms with Crippen molar-refractivity contribution in [3.05, 3.63) is 117 Å². The molecule has 0 amide bonds. The van der Waals surface area contributed by atoms with E-state index in [1.807, 2.05) is 12.1 Å². The summed E-state index contributed by atoms with van der Waals surface area (Å²) in [6, 6.07) is 36.4. The molecule has 0 nitrogen and oxygen atoms in total. The van der Waals surface area contributed by atoms with Crippen LogP contribution in [0.2, 0.25) is 0 Å². The highest BCUT2D eigenvalue weighted by Crippen LogP contribution is 2.32. The third kappa shape index (κ3) is 6.53. The Kier molecular flexibility index (Phi) is 8.70. The molecule has 0 radical (unpaired) electrons. The largest absolute Gasteiger partial charge is 0.144 e. The molecule has 0 atom stereocenters. The quantitative estimate of drug-likeness (QED) is 0.244. The van der Waals surface area contributed by atoms with E-state index in [1.165, 1.54) is 20.8 Å². The Morgan fingerprint density at radius 1 is 0.607 bits per heavy atom. The van der Waals surface area contributed by atoms with Crippen LogP contribution in [0, 0.1) is 0 Å². The minimum absolute atomic E-state index is 0.446. The van der Waals surface area contributed by atoms with Crippen molar-refractivity contribution in [2.75, 3.05) is 0 Å². The number of hydrogen-bond acceptors (Lipinski definition) is 1. The van der Waals surface area contributed by atoms with Crippen molar-refractivity contribution in [3.63, 3.8) is 0 Å². The maximum atomic E-state index is 3.28. The van der Waals surface area contributed by atoms with Crippen molar-refractivity contribution in [2.24, 2.45) is 0 Å². The number of thiophene rings is 1. The summed E-state index contributed by atoms with van der Waals surface area (Å²) in [6.45, 7) is 0. The molecular weight excluding hydrogens is 511 g/mol. The van der Waals surface area contributed by atoms with Gasteiger partial charge >= 0.3 is 0 Å². The predicted octanol–water partition coefficient (Wildman–Crippen LogP) is 7.28. The van der Waals surface area contributed by atoms with E-state index < -0.39 is 7.92 Å². The highest BCUT2D eigenvalue weighted by molar-refractivity contribution is 9.28. The Morgan fingerprint density at radius 3 is 1.36 bits per heavy atom. The monoisotopic (exact) mass is 528 g/mol. The Morgan fingerprint density at radius 2 is 1.04 bits per heavy atom. The van der Waals surface area contributed by atoms with Crippen LogP contribution < -0.4 is 15.9 Å². The first-order chi connectivity index (χ1) is 13.7. The average molecular weight is 530 g/mol. The summed E-state index contributed by atoms with van der Waals surface area (Å²) in [7, 11) is -0.446. The molecule has 28 heavy (non-hydrogen) atoms. The first kappa shape index (κ1) is 21.2. The van der Waals surface area contributed by atoms with Gasteiger partial charge in [0.2, 0.25) is 0 Å². The van der Waals surface area contributed by atoms with Crippen molar-refractivity contribution < 1.29 is 0 Å². The molecule has 3 aromatic carbocycles. The Hall–Kier alpha value is -1.51. The van der Waals surface area contributed by atoms with Gasteiger partial charge in [-0.1, -0.05) is 97.1 Å². The van der Waals surface area contributed by atoms with E-state index in [2.05, 4.69) is 134 Å². The molecule has 0 spiro atoms. The van der Waals surface area contributed by atoms with Gasteiger partial charge in [-0.2, -0.15) is 0 Å². The molecule has 0 unspecified atom stereocenters. The maximum Gasteiger partial charge on any atom is 0.0618 e. The van der Waals surface area contributed by atoms with Gasteiger partial charge in [-0.15, -0.1) is 11.3 Å². The third-order valence-electron chi connectivity index (χ3n) is 3.84. The molecule has 0 saturated heterocycles. The molecule has 4 heteroatoms. The molecule has 4 aromatic rings. The lowest BCUT2D eigenvalue weighted by molar-refractivity contribution is 1.74. The van der Waals surface area contributed by atoms with Crippen molar-refractivity contribution in [3.8, 4) is 0 Å². The predicted molar refractivity (Wildman–Crippen MR) is 135 cm³/mol. The summed E-state index contributed by atoms with van der Waals surface area (Å²) in [4.78, 5) is 1.25. The van der Waals surface area contributed by atoms with E-state index >= 15 is 0 Å². The second kappa shape index (κ2) is 11.5. The zero-order chi connectivity index (χ0) is 19.6. The molecule has 0 aliphatic carbocycles. The maximum absolute atomic E-state index is 3.28. The van der Waals surface area contributed by atoms with E-state index in [9.17, 15) is 0 Å². The fourth-order valence-corrected chi connectivity index (χ4v) is 6.42. The molecule has 0 aliphatic heterocycles. The van der Waals surface area contributed by atoms with Crippen LogP contribution in [0.15, 0.2) is 112 Å². The normalized spacial score (nSPS) is 10.1. The lowest BCUT2D eigenvalue weighted by Crippen LogP contribution is -2.20. The van der Waals surface area contributed by atoms with Crippen LogP contribution in [0.4, 0.5) is 0 Å². The SMILES string of the molecule is BrC(Br)=Cc1cccs1.c1ccc(P(c2ccccc2)c2ccccc2)cc1. The molecule has 4 rings (SSSR count). The van der Waals surface area contributed by atoms with Gasteiger partial charge in [0.15, 0.2) is 0 Å². The summed E-state index contributed by atoms with van der Waals surface area (Å²) >= 11 is 8.28. The van der Waals surface area contributed by atoms with Crippen molar-refractivity contribution in [1.82, 2.24) is 0 Å². The number of benzene rings is 3. The smallest absolute Gasteiger partial charge is 0.0618 e. The van der Waals surface area contributed by atoms with Crippen LogP contribution in [0.1, 0.15) is 4.88 Å². The summed E-state index contributed by atoms with van der Waals surface area (Å²) in [5, 5.41) is 6.24. The second-order valence-corrected chi connectivity index (χ2v) is 11.8. The first-order valence-corrected chi connectivity index (χ1v) is 12.6. The molecule has 1 heterocycles. The summed E-state index contributed by atoms with van der Waals surface area (Å²) in [5.41, 5.74) is 0. The topological polar surface area (TPSA) is 0 Å². The first-order valence-electron chi connectivity index (χ1n) is 8.75. The summed E-state index contributed by atoms with van der Waals surface area (Å²) in [5.74, 6) is 0. The zero-order valence-corrected chi connectivity index (χ0v) is 20.0. The Bertz CT molecular complexity index is 871. The van der Waals surface area contributed by atoms with Crippen molar-refractivity contribution in [2.45, 2.75) is 0 Å². The molecule has 0 saturated carbocycles. The minimum atomic E-state index is -0.446. The van der Waals surface area contributed by atoms with E-state index in [4.69, 9.17) is 0 Å². The summed E-state index contributed by atoms with van der Waals surface area (Å²) in [6.07, 6.45) is 2.02.